The molecule has 0 radical (unpaired) electrons. The molecule has 52 valence electrons. The molecule has 1 aromatic carbocycles. The highest BCUT2D eigenvalue weighted by Gasteiger charge is 2.16. The summed E-state index contributed by atoms with van der Waals surface area (Å²) in [6.45, 7) is 0. The minimum atomic E-state index is 0.627. The maximum Gasteiger partial charge on any atom is 0.122 e. The van der Waals surface area contributed by atoms with Gasteiger partial charge in [0.2, 0.25) is 0 Å². The predicted octanol–water partition coefficient (Wildman–Crippen LogP) is 1.15. The number of nitrogens with zero attached hydrogens (tertiary/aromatic N) is 1. The van der Waals surface area contributed by atoms with Crippen LogP contribution in [0.4, 0.5) is 11.4 Å². The number of nitrogens with one attached hydrogen (secondary N) is 1. The second-order valence-electron chi connectivity index (χ2n) is 1.98. The quantitative estimate of drug-likeness (QED) is 0.564. The van der Waals surface area contributed by atoms with Crippen LogP contribution in [0.5, 0.6) is 0 Å². The van der Waals surface area contributed by atoms with Crippen LogP contribution in [0.1, 0.15) is 0 Å². The normalized spacial score (nSPS) is 14.7. The Hall–Kier alpha value is -1.26. The fourth-order valence-corrected chi connectivity index (χ4v) is 0.868. The molecular weight excluding hydrogens is 132 g/mol. The summed E-state index contributed by atoms with van der Waals surface area (Å²) in [7, 11) is 0. The van der Waals surface area contributed by atoms with Gasteiger partial charge in [-0.25, -0.2) is 5.48 Å². The van der Waals surface area contributed by atoms with Crippen LogP contribution >= 0.6 is 0 Å². The van der Waals surface area contributed by atoms with Gasteiger partial charge in [-0.1, -0.05) is 12.1 Å². The highest BCUT2D eigenvalue weighted by molar-refractivity contribution is 5.69. The van der Waals surface area contributed by atoms with E-state index in [1.54, 1.807) is 6.07 Å². The number of anilines is 2. The number of hydrogen-bond acceptors (Lipinski definition) is 4. The van der Waals surface area contributed by atoms with Gasteiger partial charge in [-0.2, -0.15) is 0 Å². The molecule has 0 saturated carbocycles. The molecule has 0 aromatic heterocycles. The van der Waals surface area contributed by atoms with Crippen LogP contribution in [0.3, 0.4) is 0 Å². The zero-order chi connectivity index (χ0) is 6.97. The fraction of sp³-hybridized carbons (Fsp3) is 0. The van der Waals surface area contributed by atoms with Gasteiger partial charge in [-0.15, -0.1) is 10.2 Å². The Balaban J connectivity index is 2.51. The molecule has 0 fully saturated rings. The van der Waals surface area contributed by atoms with Gasteiger partial charge in [-0.3, -0.25) is 5.21 Å². The van der Waals surface area contributed by atoms with Crippen LogP contribution in [-0.2, 0) is 4.94 Å². The summed E-state index contributed by atoms with van der Waals surface area (Å²) in [5.74, 6) is 0. The second kappa shape index (κ2) is 1.86. The van der Waals surface area contributed by atoms with E-state index in [4.69, 9.17) is 5.21 Å². The van der Waals surface area contributed by atoms with Crippen molar-refractivity contribution >= 4 is 11.4 Å². The lowest BCUT2D eigenvalue weighted by Gasteiger charge is -2.02. The first kappa shape index (κ1) is 5.52. The first-order chi connectivity index (χ1) is 4.88. The number of fused-ring (bicyclic) bond motifs is 1. The van der Waals surface area contributed by atoms with E-state index in [0.717, 1.165) is 5.69 Å². The summed E-state index contributed by atoms with van der Waals surface area (Å²) in [5.41, 5.74) is 3.92. The predicted molar refractivity (Wildman–Crippen MR) is 35.4 cm³/mol. The van der Waals surface area contributed by atoms with Crippen molar-refractivity contribution in [2.75, 3.05) is 10.7 Å². The molecule has 1 aromatic rings. The third-order valence-corrected chi connectivity index (χ3v) is 1.35. The Morgan fingerprint density at radius 2 is 2.20 bits per heavy atom. The molecule has 2 N–H and O–H groups in total. The molecular formula is C6H6N2O2. The van der Waals surface area contributed by atoms with Crippen molar-refractivity contribution in [3.63, 3.8) is 0 Å². The van der Waals surface area contributed by atoms with Gasteiger partial charge >= 0.3 is 0 Å². The molecule has 1 heterocycles. The molecule has 4 heteroatoms. The smallest absolute Gasteiger partial charge is 0.122 e. The Kier molecular flexibility index (Phi) is 1.03. The van der Waals surface area contributed by atoms with Crippen LogP contribution in [0.25, 0.3) is 0 Å². The molecule has 2 rings (SSSR count). The third kappa shape index (κ3) is 0.632. The second-order valence-corrected chi connectivity index (χ2v) is 1.98. The van der Waals surface area contributed by atoms with E-state index in [0.29, 0.717) is 10.9 Å². The standard InChI is InChI=1S/C6H6N2O2/c9-8-6-4-2-1-3-5(6)7-10-8/h1-4,7,9H. The molecule has 4 nitrogen and oxygen atoms in total. The average Bonchev–Trinajstić information content (AvgIpc) is 2.34. The molecule has 0 amide bonds. The first-order valence-corrected chi connectivity index (χ1v) is 2.89. The molecule has 0 spiro atoms. The Morgan fingerprint density at radius 1 is 1.40 bits per heavy atom. The Bertz CT molecular complexity index is 251. The number of rotatable bonds is 0. The summed E-state index contributed by atoms with van der Waals surface area (Å²) in [5, 5.41) is 9.62. The van der Waals surface area contributed by atoms with Crippen LogP contribution in [0.15, 0.2) is 24.3 Å². The summed E-state index contributed by atoms with van der Waals surface area (Å²) in [6.07, 6.45) is 0. The van der Waals surface area contributed by atoms with Gasteiger partial charge < -0.3 is 0 Å². The van der Waals surface area contributed by atoms with Crippen molar-refractivity contribution in [3.05, 3.63) is 24.3 Å². The van der Waals surface area contributed by atoms with E-state index >= 15 is 0 Å². The van der Waals surface area contributed by atoms with Crippen LogP contribution < -0.4 is 10.7 Å². The lowest BCUT2D eigenvalue weighted by Crippen LogP contribution is -2.13. The largest absolute Gasteiger partial charge is 0.262 e. The lowest BCUT2D eigenvalue weighted by atomic mass is 10.3. The zero-order valence-corrected chi connectivity index (χ0v) is 5.11. The van der Waals surface area contributed by atoms with E-state index in [9.17, 15) is 0 Å². The molecule has 0 bridgehead atoms. The highest BCUT2D eigenvalue weighted by atomic mass is 17.0. The van der Waals surface area contributed by atoms with Gasteiger partial charge in [0.05, 0.1) is 5.69 Å². The van der Waals surface area contributed by atoms with Crippen molar-refractivity contribution < 1.29 is 10.1 Å². The molecule has 10 heavy (non-hydrogen) atoms. The summed E-state index contributed by atoms with van der Waals surface area (Å²) >= 11 is 0. The minimum Gasteiger partial charge on any atom is -0.262 e. The third-order valence-electron chi connectivity index (χ3n) is 1.35. The van der Waals surface area contributed by atoms with Crippen molar-refractivity contribution in [3.8, 4) is 0 Å². The van der Waals surface area contributed by atoms with Crippen molar-refractivity contribution in [2.24, 2.45) is 0 Å². The number of hydrogen-bond donors (Lipinski definition) is 2. The summed E-state index contributed by atoms with van der Waals surface area (Å²) < 4.78 is 0. The molecule has 0 atom stereocenters. The van der Waals surface area contributed by atoms with Crippen LogP contribution in [-0.4, -0.2) is 5.21 Å². The fourth-order valence-electron chi connectivity index (χ4n) is 0.868. The molecule has 0 aliphatic carbocycles. The van der Waals surface area contributed by atoms with Gasteiger partial charge in [0.25, 0.3) is 0 Å². The SMILES string of the molecule is ON1ONc2ccccc21. The maximum absolute atomic E-state index is 8.93. The van der Waals surface area contributed by atoms with Gasteiger partial charge in [0, 0.05) is 0 Å². The number of para-hydroxylation sites is 2. The van der Waals surface area contributed by atoms with E-state index < -0.39 is 0 Å². The van der Waals surface area contributed by atoms with E-state index in [-0.39, 0.29) is 0 Å². The minimum absolute atomic E-state index is 0.627. The molecule has 0 saturated heterocycles. The van der Waals surface area contributed by atoms with Gasteiger partial charge in [0.1, 0.15) is 5.69 Å². The van der Waals surface area contributed by atoms with Gasteiger partial charge in [-0.05, 0) is 12.1 Å². The van der Waals surface area contributed by atoms with Crippen LogP contribution in [0.2, 0.25) is 0 Å². The Labute approximate surface area is 57.5 Å². The molecule has 0 unspecified atom stereocenters. The lowest BCUT2D eigenvalue weighted by molar-refractivity contribution is 0.000618. The van der Waals surface area contributed by atoms with E-state index in [1.807, 2.05) is 18.2 Å². The monoisotopic (exact) mass is 138 g/mol. The Morgan fingerprint density at radius 3 is 3.00 bits per heavy atom. The topological polar surface area (TPSA) is 44.7 Å². The van der Waals surface area contributed by atoms with E-state index in [1.165, 1.54) is 0 Å². The van der Waals surface area contributed by atoms with Crippen molar-refractivity contribution in [2.45, 2.75) is 0 Å². The zero-order valence-electron chi connectivity index (χ0n) is 5.11. The van der Waals surface area contributed by atoms with Gasteiger partial charge in [0.15, 0.2) is 0 Å². The molecule has 1 aliphatic heterocycles. The van der Waals surface area contributed by atoms with Crippen LogP contribution in [0, 0.1) is 0 Å². The first-order valence-electron chi connectivity index (χ1n) is 2.89. The summed E-state index contributed by atoms with van der Waals surface area (Å²) in [6, 6.07) is 7.23. The summed E-state index contributed by atoms with van der Waals surface area (Å²) in [4.78, 5) is 4.56. The number of benzene rings is 1. The maximum atomic E-state index is 8.93. The van der Waals surface area contributed by atoms with Crippen molar-refractivity contribution in [1.82, 2.24) is 0 Å². The van der Waals surface area contributed by atoms with Crippen molar-refractivity contribution in [1.29, 1.82) is 0 Å². The van der Waals surface area contributed by atoms with E-state index in [2.05, 4.69) is 10.4 Å². The average molecular weight is 138 g/mol. The molecule has 1 aliphatic rings. The highest BCUT2D eigenvalue weighted by Crippen LogP contribution is 2.29.